The molecule has 2 fully saturated rings. The van der Waals surface area contributed by atoms with E-state index in [0.717, 1.165) is 24.5 Å². The quantitative estimate of drug-likeness (QED) is 0.652. The maximum atomic E-state index is 5.74. The topological polar surface area (TPSA) is 29.3 Å². The summed E-state index contributed by atoms with van der Waals surface area (Å²) >= 11 is 0. The first-order valence-corrected chi connectivity index (χ1v) is 4.78. The molecule has 1 aliphatic carbocycles. The minimum Gasteiger partial charge on any atom is -0.329 e. The van der Waals surface area contributed by atoms with Crippen LogP contribution in [0.15, 0.2) is 0 Å². The molecule has 2 nitrogen and oxygen atoms in total. The molecule has 0 aromatic rings. The fourth-order valence-corrected chi connectivity index (χ4v) is 2.11. The molecule has 2 atom stereocenters. The second kappa shape index (κ2) is 2.76. The van der Waals surface area contributed by atoms with Crippen LogP contribution in [0, 0.1) is 5.92 Å². The van der Waals surface area contributed by atoms with Gasteiger partial charge in [0.25, 0.3) is 0 Å². The molecule has 2 aliphatic rings. The highest BCUT2D eigenvalue weighted by Gasteiger charge is 2.39. The second-order valence-electron chi connectivity index (χ2n) is 4.02. The summed E-state index contributed by atoms with van der Waals surface area (Å²) in [6, 6.07) is 1.53. The Kier molecular flexibility index (Phi) is 1.90. The molecule has 0 bridgehead atoms. The predicted octanol–water partition coefficient (Wildman–Crippen LogP) is 0.818. The van der Waals surface area contributed by atoms with Crippen LogP contribution in [0.1, 0.15) is 26.2 Å². The van der Waals surface area contributed by atoms with Gasteiger partial charge in [0, 0.05) is 25.2 Å². The molecule has 0 aromatic heterocycles. The highest BCUT2D eigenvalue weighted by molar-refractivity contribution is 4.94. The monoisotopic (exact) mass is 154 g/mol. The van der Waals surface area contributed by atoms with Gasteiger partial charge in [-0.2, -0.15) is 0 Å². The van der Waals surface area contributed by atoms with Crippen LogP contribution in [-0.2, 0) is 0 Å². The van der Waals surface area contributed by atoms with Crippen LogP contribution in [-0.4, -0.2) is 30.1 Å². The molecule has 1 saturated carbocycles. The lowest BCUT2D eigenvalue weighted by atomic mass is 9.99. The third-order valence-electron chi connectivity index (χ3n) is 3.20. The lowest BCUT2D eigenvalue weighted by Crippen LogP contribution is -2.55. The van der Waals surface area contributed by atoms with Gasteiger partial charge in [0.05, 0.1) is 0 Å². The molecule has 2 N–H and O–H groups in total. The lowest BCUT2D eigenvalue weighted by Gasteiger charge is -2.44. The van der Waals surface area contributed by atoms with Gasteiger partial charge in [-0.25, -0.2) is 0 Å². The Labute approximate surface area is 68.7 Å². The van der Waals surface area contributed by atoms with Gasteiger partial charge in [0.1, 0.15) is 0 Å². The fourth-order valence-electron chi connectivity index (χ4n) is 2.11. The highest BCUT2D eigenvalue weighted by Crippen LogP contribution is 2.37. The summed E-state index contributed by atoms with van der Waals surface area (Å²) in [5.74, 6) is 0.947. The Bertz CT molecular complexity index is 142. The zero-order valence-corrected chi connectivity index (χ0v) is 7.29. The summed E-state index contributed by atoms with van der Waals surface area (Å²) in [5.41, 5.74) is 5.74. The first-order chi connectivity index (χ1) is 5.33. The molecule has 2 heteroatoms. The van der Waals surface area contributed by atoms with Gasteiger partial charge < -0.3 is 5.73 Å². The van der Waals surface area contributed by atoms with Crippen molar-refractivity contribution < 1.29 is 0 Å². The molecule has 64 valence electrons. The number of nitrogens with zero attached hydrogens (tertiary/aromatic N) is 1. The summed E-state index contributed by atoms with van der Waals surface area (Å²) in [6.45, 7) is 4.48. The van der Waals surface area contributed by atoms with E-state index in [-0.39, 0.29) is 0 Å². The fraction of sp³-hybridized carbons (Fsp3) is 1.00. The number of hydrogen-bond acceptors (Lipinski definition) is 2. The van der Waals surface area contributed by atoms with Gasteiger partial charge in [-0.15, -0.1) is 0 Å². The van der Waals surface area contributed by atoms with E-state index in [0.29, 0.717) is 0 Å². The zero-order chi connectivity index (χ0) is 7.84. The van der Waals surface area contributed by atoms with E-state index in [1.807, 2.05) is 0 Å². The SMILES string of the molecule is CC1CCN1C(CN)C1CC1. The van der Waals surface area contributed by atoms with Crippen molar-refractivity contribution in [2.24, 2.45) is 11.7 Å². The molecule has 1 aliphatic heterocycles. The summed E-state index contributed by atoms with van der Waals surface area (Å²) in [4.78, 5) is 2.58. The minimum atomic E-state index is 0.721. The molecule has 0 amide bonds. The number of hydrogen-bond donors (Lipinski definition) is 1. The maximum absolute atomic E-state index is 5.74. The Hall–Kier alpha value is -0.0800. The Balaban J connectivity index is 1.88. The van der Waals surface area contributed by atoms with E-state index in [1.165, 1.54) is 25.8 Å². The Morgan fingerprint density at radius 2 is 2.18 bits per heavy atom. The van der Waals surface area contributed by atoms with E-state index in [1.54, 1.807) is 0 Å². The van der Waals surface area contributed by atoms with Crippen LogP contribution in [0.2, 0.25) is 0 Å². The number of likely N-dealkylation sites (tertiary alicyclic amines) is 1. The van der Waals surface area contributed by atoms with E-state index >= 15 is 0 Å². The summed E-state index contributed by atoms with van der Waals surface area (Å²) < 4.78 is 0. The molecular weight excluding hydrogens is 136 g/mol. The number of rotatable bonds is 3. The van der Waals surface area contributed by atoms with E-state index in [4.69, 9.17) is 5.73 Å². The van der Waals surface area contributed by atoms with Crippen molar-refractivity contribution in [1.29, 1.82) is 0 Å². The lowest BCUT2D eigenvalue weighted by molar-refractivity contribution is 0.0458. The highest BCUT2D eigenvalue weighted by atomic mass is 15.2. The third-order valence-corrected chi connectivity index (χ3v) is 3.20. The van der Waals surface area contributed by atoms with Crippen LogP contribution < -0.4 is 5.73 Å². The van der Waals surface area contributed by atoms with Crippen LogP contribution >= 0.6 is 0 Å². The van der Waals surface area contributed by atoms with Gasteiger partial charge in [-0.1, -0.05) is 0 Å². The van der Waals surface area contributed by atoms with Gasteiger partial charge >= 0.3 is 0 Å². The molecule has 0 radical (unpaired) electrons. The summed E-state index contributed by atoms with van der Waals surface area (Å²) in [7, 11) is 0. The zero-order valence-electron chi connectivity index (χ0n) is 7.29. The molecule has 0 aromatic carbocycles. The molecule has 0 spiro atoms. The summed E-state index contributed by atoms with van der Waals surface area (Å²) in [6.07, 6.45) is 4.22. The third kappa shape index (κ3) is 1.30. The van der Waals surface area contributed by atoms with Crippen molar-refractivity contribution in [3.05, 3.63) is 0 Å². The maximum Gasteiger partial charge on any atom is 0.0249 e. The van der Waals surface area contributed by atoms with Crippen molar-refractivity contribution in [3.8, 4) is 0 Å². The van der Waals surface area contributed by atoms with Crippen molar-refractivity contribution >= 4 is 0 Å². The number of nitrogens with two attached hydrogens (primary N) is 1. The van der Waals surface area contributed by atoms with Crippen LogP contribution in [0.3, 0.4) is 0 Å². The normalized spacial score (nSPS) is 34.9. The molecule has 1 heterocycles. The van der Waals surface area contributed by atoms with E-state index in [2.05, 4.69) is 11.8 Å². The molecule has 1 saturated heterocycles. The average Bonchev–Trinajstić information content (AvgIpc) is 2.79. The van der Waals surface area contributed by atoms with Crippen molar-refractivity contribution in [2.75, 3.05) is 13.1 Å². The Morgan fingerprint density at radius 3 is 2.45 bits per heavy atom. The van der Waals surface area contributed by atoms with Crippen molar-refractivity contribution in [1.82, 2.24) is 4.90 Å². The molecule has 2 rings (SSSR count). The van der Waals surface area contributed by atoms with Gasteiger partial charge in [-0.3, -0.25) is 4.90 Å². The molecule has 11 heavy (non-hydrogen) atoms. The van der Waals surface area contributed by atoms with Crippen molar-refractivity contribution in [3.63, 3.8) is 0 Å². The van der Waals surface area contributed by atoms with E-state index < -0.39 is 0 Å². The Morgan fingerprint density at radius 1 is 1.45 bits per heavy atom. The van der Waals surface area contributed by atoms with Crippen LogP contribution in [0.25, 0.3) is 0 Å². The van der Waals surface area contributed by atoms with Gasteiger partial charge in [0.15, 0.2) is 0 Å². The van der Waals surface area contributed by atoms with Crippen LogP contribution in [0.4, 0.5) is 0 Å². The predicted molar refractivity (Wildman–Crippen MR) is 46.4 cm³/mol. The first kappa shape index (κ1) is 7.56. The standard InChI is InChI=1S/C9H18N2/c1-7-4-5-11(7)9(6-10)8-2-3-8/h7-9H,2-6,10H2,1H3. The largest absolute Gasteiger partial charge is 0.329 e. The average molecular weight is 154 g/mol. The van der Waals surface area contributed by atoms with Gasteiger partial charge in [-0.05, 0) is 32.1 Å². The van der Waals surface area contributed by atoms with Crippen molar-refractivity contribution in [2.45, 2.75) is 38.3 Å². The first-order valence-electron chi connectivity index (χ1n) is 4.78. The van der Waals surface area contributed by atoms with Crippen LogP contribution in [0.5, 0.6) is 0 Å². The molecular formula is C9H18N2. The van der Waals surface area contributed by atoms with E-state index in [9.17, 15) is 0 Å². The van der Waals surface area contributed by atoms with Gasteiger partial charge in [0.2, 0.25) is 0 Å². The minimum absolute atomic E-state index is 0.721. The molecule has 2 unspecified atom stereocenters. The summed E-state index contributed by atoms with van der Waals surface area (Å²) in [5, 5.41) is 0. The second-order valence-corrected chi connectivity index (χ2v) is 4.02. The smallest absolute Gasteiger partial charge is 0.0249 e.